The van der Waals surface area contributed by atoms with Gasteiger partial charge >= 0.3 is 5.97 Å². The van der Waals surface area contributed by atoms with Gasteiger partial charge in [-0.1, -0.05) is 18.6 Å². The Hall–Kier alpha value is -1.03. The highest BCUT2D eigenvalue weighted by molar-refractivity contribution is 9.10. The Bertz CT molecular complexity index is 464. The molecule has 1 fully saturated rings. The molecule has 1 N–H and O–H groups in total. The number of carbonyl (C=O) groups is 1. The molecule has 2 rings (SSSR count). The molecule has 92 valence electrons. The van der Waals surface area contributed by atoms with Crippen molar-refractivity contribution in [3.63, 3.8) is 0 Å². The lowest BCUT2D eigenvalue weighted by atomic mass is 9.64. The summed E-state index contributed by atoms with van der Waals surface area (Å²) >= 11 is 3.47. The molecule has 0 unspecified atom stereocenters. The van der Waals surface area contributed by atoms with Crippen molar-refractivity contribution in [1.29, 1.82) is 0 Å². The summed E-state index contributed by atoms with van der Waals surface area (Å²) < 4.78 is 6.23. The van der Waals surface area contributed by atoms with E-state index >= 15 is 0 Å². The molecule has 1 aliphatic carbocycles. The molecule has 0 aromatic heterocycles. The van der Waals surface area contributed by atoms with Crippen LogP contribution in [0.15, 0.2) is 16.6 Å². The van der Waals surface area contributed by atoms with Gasteiger partial charge in [-0.2, -0.15) is 0 Å². The molecule has 0 bridgehead atoms. The third-order valence-electron chi connectivity index (χ3n) is 3.63. The van der Waals surface area contributed by atoms with Crippen LogP contribution in [-0.2, 0) is 10.2 Å². The zero-order chi connectivity index (χ0) is 12.6. The van der Waals surface area contributed by atoms with E-state index in [1.807, 2.05) is 19.1 Å². The summed E-state index contributed by atoms with van der Waals surface area (Å²) in [5, 5.41) is 9.45. The fraction of sp³-hybridized carbons (Fsp3) is 0.462. The van der Waals surface area contributed by atoms with Crippen molar-refractivity contribution in [2.75, 3.05) is 7.11 Å². The molecule has 0 heterocycles. The van der Waals surface area contributed by atoms with Crippen LogP contribution in [0, 0.1) is 6.92 Å². The molecule has 4 heteroatoms. The molecule has 0 radical (unpaired) electrons. The van der Waals surface area contributed by atoms with Crippen molar-refractivity contribution >= 4 is 21.9 Å². The summed E-state index contributed by atoms with van der Waals surface area (Å²) in [6, 6.07) is 3.82. The average Bonchev–Trinajstić information content (AvgIpc) is 2.21. The minimum atomic E-state index is -0.752. The van der Waals surface area contributed by atoms with Crippen molar-refractivity contribution in [3.05, 3.63) is 27.7 Å². The number of carboxylic acids is 1. The van der Waals surface area contributed by atoms with E-state index in [1.54, 1.807) is 7.11 Å². The van der Waals surface area contributed by atoms with Crippen LogP contribution in [0.2, 0.25) is 0 Å². The molecule has 0 atom stereocenters. The number of methoxy groups -OCH3 is 1. The molecule has 0 amide bonds. The first-order valence-corrected chi connectivity index (χ1v) is 6.39. The first kappa shape index (κ1) is 12.4. The first-order valence-electron chi connectivity index (χ1n) is 5.60. The van der Waals surface area contributed by atoms with Gasteiger partial charge in [0.05, 0.1) is 17.0 Å². The van der Waals surface area contributed by atoms with Crippen LogP contribution in [0.5, 0.6) is 5.75 Å². The Balaban J connectivity index is 2.59. The summed E-state index contributed by atoms with van der Waals surface area (Å²) in [7, 11) is 1.58. The van der Waals surface area contributed by atoms with E-state index in [9.17, 15) is 9.90 Å². The van der Waals surface area contributed by atoms with Crippen molar-refractivity contribution in [1.82, 2.24) is 0 Å². The third-order valence-corrected chi connectivity index (χ3v) is 4.61. The van der Waals surface area contributed by atoms with Gasteiger partial charge in [-0.15, -0.1) is 0 Å². The highest BCUT2D eigenvalue weighted by Crippen LogP contribution is 2.49. The maximum absolute atomic E-state index is 11.5. The molecule has 1 saturated carbocycles. The van der Waals surface area contributed by atoms with Crippen molar-refractivity contribution < 1.29 is 14.6 Å². The lowest BCUT2D eigenvalue weighted by Gasteiger charge is -2.39. The molecular weight excluding hydrogens is 284 g/mol. The quantitative estimate of drug-likeness (QED) is 0.931. The van der Waals surface area contributed by atoms with Gasteiger partial charge < -0.3 is 9.84 Å². The lowest BCUT2D eigenvalue weighted by molar-refractivity contribution is -0.147. The van der Waals surface area contributed by atoms with Gasteiger partial charge in [0, 0.05) is 5.56 Å². The second-order valence-electron chi connectivity index (χ2n) is 4.52. The molecule has 0 saturated heterocycles. The SMILES string of the molecule is COc1c(C2(C(=O)O)CCC2)ccc(C)c1Br. The lowest BCUT2D eigenvalue weighted by Crippen LogP contribution is -2.42. The van der Waals surface area contributed by atoms with Gasteiger partial charge in [0.25, 0.3) is 0 Å². The van der Waals surface area contributed by atoms with E-state index in [4.69, 9.17) is 4.74 Å². The van der Waals surface area contributed by atoms with Crippen molar-refractivity contribution in [2.45, 2.75) is 31.6 Å². The number of hydrogen-bond acceptors (Lipinski definition) is 2. The van der Waals surface area contributed by atoms with Crippen LogP contribution in [-0.4, -0.2) is 18.2 Å². The molecule has 0 spiro atoms. The van der Waals surface area contributed by atoms with Crippen LogP contribution >= 0.6 is 15.9 Å². The fourth-order valence-electron chi connectivity index (χ4n) is 2.36. The van der Waals surface area contributed by atoms with E-state index in [0.29, 0.717) is 18.6 Å². The summed E-state index contributed by atoms with van der Waals surface area (Å²) in [5.41, 5.74) is 1.09. The predicted molar refractivity (Wildman–Crippen MR) is 68.6 cm³/mol. The highest BCUT2D eigenvalue weighted by atomic mass is 79.9. The van der Waals surface area contributed by atoms with E-state index < -0.39 is 11.4 Å². The van der Waals surface area contributed by atoms with Crippen molar-refractivity contribution in [3.8, 4) is 5.75 Å². The minimum Gasteiger partial charge on any atom is -0.495 e. The standard InChI is InChI=1S/C13H15BrO3/c1-8-4-5-9(11(17-2)10(8)14)13(12(15)16)6-3-7-13/h4-5H,3,6-7H2,1-2H3,(H,15,16). The van der Waals surface area contributed by atoms with Gasteiger partial charge in [-0.3, -0.25) is 4.79 Å². The van der Waals surface area contributed by atoms with Crippen LogP contribution in [0.25, 0.3) is 0 Å². The molecule has 3 nitrogen and oxygen atoms in total. The highest BCUT2D eigenvalue weighted by Gasteiger charge is 2.48. The summed E-state index contributed by atoms with van der Waals surface area (Å²) in [6.45, 7) is 1.96. The number of rotatable bonds is 3. The minimum absolute atomic E-state index is 0.659. The molecule has 1 aromatic carbocycles. The van der Waals surface area contributed by atoms with Crippen LogP contribution in [0.3, 0.4) is 0 Å². The van der Waals surface area contributed by atoms with Crippen LogP contribution in [0.1, 0.15) is 30.4 Å². The van der Waals surface area contributed by atoms with Crippen LogP contribution in [0.4, 0.5) is 0 Å². The maximum atomic E-state index is 11.5. The molecule has 1 aliphatic rings. The van der Waals surface area contributed by atoms with Gasteiger partial charge in [0.15, 0.2) is 0 Å². The zero-order valence-electron chi connectivity index (χ0n) is 9.92. The Morgan fingerprint density at radius 1 is 1.47 bits per heavy atom. The monoisotopic (exact) mass is 298 g/mol. The van der Waals surface area contributed by atoms with Gasteiger partial charge in [-0.25, -0.2) is 0 Å². The van der Waals surface area contributed by atoms with E-state index in [2.05, 4.69) is 15.9 Å². The predicted octanol–water partition coefficient (Wildman–Crippen LogP) is 3.27. The number of carboxylic acid groups (broad SMARTS) is 1. The van der Waals surface area contributed by atoms with E-state index in [0.717, 1.165) is 22.0 Å². The Morgan fingerprint density at radius 2 is 2.12 bits per heavy atom. The number of benzene rings is 1. The van der Waals surface area contributed by atoms with Gasteiger partial charge in [0.2, 0.25) is 0 Å². The van der Waals surface area contributed by atoms with Crippen LogP contribution < -0.4 is 4.74 Å². The van der Waals surface area contributed by atoms with E-state index in [-0.39, 0.29) is 0 Å². The molecular formula is C13H15BrO3. The van der Waals surface area contributed by atoms with Gasteiger partial charge in [0.1, 0.15) is 5.75 Å². The second-order valence-corrected chi connectivity index (χ2v) is 5.31. The number of aryl methyl sites for hydroxylation is 1. The number of hydrogen-bond donors (Lipinski definition) is 1. The third kappa shape index (κ3) is 1.75. The Kier molecular flexibility index (Phi) is 3.17. The number of aliphatic carboxylic acids is 1. The zero-order valence-corrected chi connectivity index (χ0v) is 11.5. The van der Waals surface area contributed by atoms with E-state index in [1.165, 1.54) is 0 Å². The topological polar surface area (TPSA) is 46.5 Å². The van der Waals surface area contributed by atoms with Crippen molar-refractivity contribution in [2.24, 2.45) is 0 Å². The molecule has 1 aromatic rings. The Morgan fingerprint density at radius 3 is 2.53 bits per heavy atom. The Labute approximate surface area is 109 Å². The number of halogens is 1. The number of ether oxygens (including phenoxy) is 1. The normalized spacial score (nSPS) is 17.4. The summed E-state index contributed by atoms with van der Waals surface area (Å²) in [6.07, 6.45) is 2.34. The maximum Gasteiger partial charge on any atom is 0.314 e. The average molecular weight is 299 g/mol. The summed E-state index contributed by atoms with van der Waals surface area (Å²) in [5.74, 6) is -0.0927. The second kappa shape index (κ2) is 4.33. The summed E-state index contributed by atoms with van der Waals surface area (Å²) in [4.78, 5) is 11.5. The van der Waals surface area contributed by atoms with Gasteiger partial charge in [-0.05, 0) is 41.3 Å². The smallest absolute Gasteiger partial charge is 0.314 e. The molecule has 0 aliphatic heterocycles. The fourth-order valence-corrected chi connectivity index (χ4v) is 2.87. The first-order chi connectivity index (χ1) is 8.03. The largest absolute Gasteiger partial charge is 0.495 e. The molecule has 17 heavy (non-hydrogen) atoms.